The quantitative estimate of drug-likeness (QED) is 0.885. The molecule has 1 aromatic heterocycles. The number of aromatic nitrogens is 1. The Morgan fingerprint density at radius 3 is 2.32 bits per heavy atom. The Morgan fingerprint density at radius 2 is 1.72 bits per heavy atom. The van der Waals surface area contributed by atoms with Crippen molar-refractivity contribution in [3.8, 4) is 5.75 Å². The lowest BCUT2D eigenvalue weighted by Gasteiger charge is -2.19. The van der Waals surface area contributed by atoms with Crippen LogP contribution in [-0.4, -0.2) is 35.5 Å². The van der Waals surface area contributed by atoms with Gasteiger partial charge in [-0.25, -0.2) is 4.98 Å². The molecule has 0 aliphatic carbocycles. The van der Waals surface area contributed by atoms with Gasteiger partial charge in [-0.3, -0.25) is 4.79 Å². The van der Waals surface area contributed by atoms with Crippen LogP contribution in [0.15, 0.2) is 42.6 Å². The number of hydrogen-bond acceptors (Lipinski definition) is 4. The molecule has 132 valence electrons. The van der Waals surface area contributed by atoms with E-state index in [-0.39, 0.29) is 5.91 Å². The van der Waals surface area contributed by atoms with Gasteiger partial charge in [-0.1, -0.05) is 12.8 Å². The molecule has 0 radical (unpaired) electrons. The highest BCUT2D eigenvalue weighted by Gasteiger charge is 2.18. The molecule has 0 atom stereocenters. The second-order valence-electron chi connectivity index (χ2n) is 6.22. The number of ether oxygens (including phenoxy) is 1. The molecule has 5 heteroatoms. The minimum absolute atomic E-state index is 0.0366. The highest BCUT2D eigenvalue weighted by Crippen LogP contribution is 2.20. The second-order valence-corrected chi connectivity index (χ2v) is 6.22. The van der Waals surface area contributed by atoms with E-state index in [0.717, 1.165) is 43.1 Å². The van der Waals surface area contributed by atoms with Gasteiger partial charge in [-0.05, 0) is 56.2 Å². The van der Waals surface area contributed by atoms with Crippen LogP contribution in [0.2, 0.25) is 0 Å². The van der Waals surface area contributed by atoms with Gasteiger partial charge in [0.25, 0.3) is 5.91 Å². The van der Waals surface area contributed by atoms with Crippen molar-refractivity contribution in [3.63, 3.8) is 0 Å². The average Bonchev–Trinajstić information content (AvgIpc) is 2.93. The standard InChI is InChI=1S/C20H25N3O2/c1-2-25-18-10-7-16(8-11-18)22-17-9-12-19(21-15-17)20(24)23-13-5-3-4-6-14-23/h7-12,15,22H,2-6,13-14H2,1H3. The first-order valence-electron chi connectivity index (χ1n) is 9.01. The van der Waals surface area contributed by atoms with E-state index in [1.165, 1.54) is 12.8 Å². The van der Waals surface area contributed by atoms with Crippen LogP contribution in [0.1, 0.15) is 43.1 Å². The highest BCUT2D eigenvalue weighted by molar-refractivity contribution is 5.92. The van der Waals surface area contributed by atoms with E-state index in [0.29, 0.717) is 12.3 Å². The van der Waals surface area contributed by atoms with Crippen LogP contribution in [0.4, 0.5) is 11.4 Å². The third kappa shape index (κ3) is 4.72. The molecule has 1 N–H and O–H groups in total. The zero-order valence-corrected chi connectivity index (χ0v) is 14.7. The molecule has 1 saturated heterocycles. The first-order chi connectivity index (χ1) is 12.3. The number of nitrogens with one attached hydrogen (secondary N) is 1. The average molecular weight is 339 g/mol. The van der Waals surface area contributed by atoms with E-state index in [1.54, 1.807) is 12.3 Å². The van der Waals surface area contributed by atoms with Gasteiger partial charge >= 0.3 is 0 Å². The molecular weight excluding hydrogens is 314 g/mol. The fraction of sp³-hybridized carbons (Fsp3) is 0.400. The van der Waals surface area contributed by atoms with Crippen LogP contribution in [0.5, 0.6) is 5.75 Å². The van der Waals surface area contributed by atoms with Crippen LogP contribution in [0.25, 0.3) is 0 Å². The molecule has 0 unspecified atom stereocenters. The summed E-state index contributed by atoms with van der Waals surface area (Å²) in [5.41, 5.74) is 2.33. The lowest BCUT2D eigenvalue weighted by Crippen LogP contribution is -2.32. The maximum Gasteiger partial charge on any atom is 0.272 e. The minimum Gasteiger partial charge on any atom is -0.494 e. The number of rotatable bonds is 5. The largest absolute Gasteiger partial charge is 0.494 e. The fourth-order valence-corrected chi connectivity index (χ4v) is 3.00. The second kappa shape index (κ2) is 8.51. The third-order valence-electron chi connectivity index (χ3n) is 4.33. The number of benzene rings is 1. The van der Waals surface area contributed by atoms with Gasteiger partial charge in [0, 0.05) is 18.8 Å². The zero-order valence-electron chi connectivity index (χ0n) is 14.7. The van der Waals surface area contributed by atoms with E-state index in [4.69, 9.17) is 4.74 Å². The van der Waals surface area contributed by atoms with Crippen molar-refractivity contribution >= 4 is 17.3 Å². The summed E-state index contributed by atoms with van der Waals surface area (Å²) >= 11 is 0. The van der Waals surface area contributed by atoms with Crippen LogP contribution in [0.3, 0.4) is 0 Å². The molecule has 1 amide bonds. The number of anilines is 2. The summed E-state index contributed by atoms with van der Waals surface area (Å²) in [6.07, 6.45) is 6.30. The summed E-state index contributed by atoms with van der Waals surface area (Å²) in [7, 11) is 0. The number of carbonyl (C=O) groups is 1. The Balaban J connectivity index is 1.62. The molecule has 0 spiro atoms. The van der Waals surface area contributed by atoms with E-state index in [9.17, 15) is 4.79 Å². The van der Waals surface area contributed by atoms with Crippen molar-refractivity contribution in [2.24, 2.45) is 0 Å². The molecule has 0 saturated carbocycles. The predicted octanol–water partition coefficient (Wildman–Crippen LogP) is 4.24. The number of hydrogen-bond donors (Lipinski definition) is 1. The fourth-order valence-electron chi connectivity index (χ4n) is 3.00. The molecule has 3 rings (SSSR count). The molecule has 1 aliphatic heterocycles. The molecule has 0 bridgehead atoms. The maximum absolute atomic E-state index is 12.6. The summed E-state index contributed by atoms with van der Waals surface area (Å²) in [5.74, 6) is 0.888. The first-order valence-corrected chi connectivity index (χ1v) is 9.01. The maximum atomic E-state index is 12.6. The number of pyridine rings is 1. The van der Waals surface area contributed by atoms with Crippen molar-refractivity contribution < 1.29 is 9.53 Å². The van der Waals surface area contributed by atoms with Gasteiger partial charge in [0.15, 0.2) is 0 Å². The first kappa shape index (κ1) is 17.3. The smallest absolute Gasteiger partial charge is 0.272 e. The van der Waals surface area contributed by atoms with Crippen LogP contribution >= 0.6 is 0 Å². The van der Waals surface area contributed by atoms with Gasteiger partial charge in [0.1, 0.15) is 11.4 Å². The number of likely N-dealkylation sites (tertiary alicyclic amines) is 1. The normalized spacial score (nSPS) is 14.7. The van der Waals surface area contributed by atoms with Crippen molar-refractivity contribution in [2.75, 3.05) is 25.0 Å². The summed E-state index contributed by atoms with van der Waals surface area (Å²) in [6, 6.07) is 11.5. The van der Waals surface area contributed by atoms with Crippen molar-refractivity contribution in [1.29, 1.82) is 0 Å². The molecule has 1 fully saturated rings. The van der Waals surface area contributed by atoms with Gasteiger partial charge in [-0.2, -0.15) is 0 Å². The lowest BCUT2D eigenvalue weighted by molar-refractivity contribution is 0.0756. The zero-order chi connectivity index (χ0) is 17.5. The van der Waals surface area contributed by atoms with Gasteiger partial charge in [-0.15, -0.1) is 0 Å². The molecule has 25 heavy (non-hydrogen) atoms. The number of amides is 1. The summed E-state index contributed by atoms with van der Waals surface area (Å²) in [6.45, 7) is 4.30. The van der Waals surface area contributed by atoms with Crippen molar-refractivity contribution in [1.82, 2.24) is 9.88 Å². The van der Waals surface area contributed by atoms with Gasteiger partial charge < -0.3 is 15.0 Å². The summed E-state index contributed by atoms with van der Waals surface area (Å²) < 4.78 is 5.44. The highest BCUT2D eigenvalue weighted by atomic mass is 16.5. The Labute approximate surface area is 149 Å². The monoisotopic (exact) mass is 339 g/mol. The van der Waals surface area contributed by atoms with Crippen LogP contribution in [-0.2, 0) is 0 Å². The Hall–Kier alpha value is -2.56. The van der Waals surface area contributed by atoms with Crippen LogP contribution in [0, 0.1) is 0 Å². The van der Waals surface area contributed by atoms with Crippen molar-refractivity contribution in [3.05, 3.63) is 48.3 Å². The van der Waals surface area contributed by atoms with Crippen LogP contribution < -0.4 is 10.1 Å². The Morgan fingerprint density at radius 1 is 1.04 bits per heavy atom. The molecule has 5 nitrogen and oxygen atoms in total. The summed E-state index contributed by atoms with van der Waals surface area (Å²) in [5, 5.41) is 3.29. The Bertz CT molecular complexity index is 675. The topological polar surface area (TPSA) is 54.5 Å². The molecule has 2 aromatic rings. The van der Waals surface area contributed by atoms with E-state index >= 15 is 0 Å². The minimum atomic E-state index is 0.0366. The van der Waals surface area contributed by atoms with Gasteiger partial charge in [0.05, 0.1) is 18.5 Å². The number of nitrogens with zero attached hydrogens (tertiary/aromatic N) is 2. The third-order valence-corrected chi connectivity index (χ3v) is 4.33. The van der Waals surface area contributed by atoms with Gasteiger partial charge in [0.2, 0.25) is 0 Å². The Kier molecular flexibility index (Phi) is 5.88. The van der Waals surface area contributed by atoms with Crippen molar-refractivity contribution in [2.45, 2.75) is 32.6 Å². The van der Waals surface area contributed by atoms with E-state index in [1.807, 2.05) is 42.2 Å². The lowest BCUT2D eigenvalue weighted by atomic mass is 10.2. The molecule has 1 aliphatic rings. The van der Waals surface area contributed by atoms with E-state index in [2.05, 4.69) is 10.3 Å². The molecule has 1 aromatic carbocycles. The SMILES string of the molecule is CCOc1ccc(Nc2ccc(C(=O)N3CCCCCC3)nc2)cc1. The summed E-state index contributed by atoms with van der Waals surface area (Å²) in [4.78, 5) is 18.8. The van der Waals surface area contributed by atoms with E-state index < -0.39 is 0 Å². The predicted molar refractivity (Wildman–Crippen MR) is 99.5 cm³/mol. The molecule has 2 heterocycles. The number of carbonyl (C=O) groups excluding carboxylic acids is 1. The molecular formula is C20H25N3O2.